The summed E-state index contributed by atoms with van der Waals surface area (Å²) in [6, 6.07) is 15.5. The quantitative estimate of drug-likeness (QED) is 0.887. The fraction of sp³-hybridized carbons (Fsp3) is 0.294. The van der Waals surface area contributed by atoms with E-state index in [-0.39, 0.29) is 12.1 Å². The minimum atomic E-state index is -0.166. The van der Waals surface area contributed by atoms with Crippen LogP contribution in [0.25, 0.3) is 0 Å². The molecule has 0 saturated heterocycles. The van der Waals surface area contributed by atoms with Crippen molar-refractivity contribution >= 4 is 11.6 Å². The van der Waals surface area contributed by atoms with Crippen LogP contribution in [0.3, 0.4) is 0 Å². The average Bonchev–Trinajstić information content (AvgIpc) is 2.46. The van der Waals surface area contributed by atoms with E-state index in [0.29, 0.717) is 5.02 Å². The summed E-state index contributed by atoms with van der Waals surface area (Å²) in [6.45, 7) is 4.11. The molecule has 0 aliphatic heterocycles. The van der Waals surface area contributed by atoms with Crippen molar-refractivity contribution in [3.05, 3.63) is 64.7 Å². The predicted octanol–water partition coefficient (Wildman–Crippen LogP) is 4.37. The van der Waals surface area contributed by atoms with E-state index in [1.807, 2.05) is 37.3 Å². The van der Waals surface area contributed by atoms with Crippen molar-refractivity contribution in [2.24, 2.45) is 5.73 Å². The summed E-state index contributed by atoms with van der Waals surface area (Å²) in [5, 5.41) is 0.663. The molecule has 20 heavy (non-hydrogen) atoms. The van der Waals surface area contributed by atoms with E-state index in [1.54, 1.807) is 6.07 Å². The third-order valence-electron chi connectivity index (χ3n) is 3.37. The summed E-state index contributed by atoms with van der Waals surface area (Å²) >= 11 is 5.95. The molecular formula is C17H20ClNO. The van der Waals surface area contributed by atoms with Crippen LogP contribution >= 0.6 is 11.6 Å². The summed E-state index contributed by atoms with van der Waals surface area (Å²) in [4.78, 5) is 0. The number of rotatable bonds is 5. The van der Waals surface area contributed by atoms with E-state index in [0.717, 1.165) is 17.7 Å². The SMILES string of the molecule is CCc1cccc(C(N)C(C)Oc2cccc(Cl)c2)c1. The van der Waals surface area contributed by atoms with Gasteiger partial charge in [-0.2, -0.15) is 0 Å². The molecule has 0 spiro atoms. The first-order valence-electron chi connectivity index (χ1n) is 6.86. The molecule has 2 rings (SSSR count). The standard InChI is InChI=1S/C17H20ClNO/c1-3-13-6-4-7-14(10-13)17(19)12(2)20-16-9-5-8-15(18)11-16/h4-12,17H,3,19H2,1-2H3. The molecule has 2 nitrogen and oxygen atoms in total. The van der Waals surface area contributed by atoms with Crippen molar-refractivity contribution in [3.63, 3.8) is 0 Å². The van der Waals surface area contributed by atoms with Crippen molar-refractivity contribution in [3.8, 4) is 5.75 Å². The molecular weight excluding hydrogens is 270 g/mol. The molecule has 0 radical (unpaired) electrons. The minimum Gasteiger partial charge on any atom is -0.489 e. The van der Waals surface area contributed by atoms with Gasteiger partial charge in [0, 0.05) is 5.02 Å². The molecule has 0 bridgehead atoms. The van der Waals surface area contributed by atoms with Gasteiger partial charge in [-0.05, 0) is 42.7 Å². The Balaban J connectivity index is 2.09. The zero-order valence-corrected chi connectivity index (χ0v) is 12.6. The van der Waals surface area contributed by atoms with Gasteiger partial charge in [0.2, 0.25) is 0 Å². The van der Waals surface area contributed by atoms with E-state index in [9.17, 15) is 0 Å². The fourth-order valence-electron chi connectivity index (χ4n) is 2.12. The lowest BCUT2D eigenvalue weighted by Gasteiger charge is -2.22. The molecule has 2 atom stereocenters. The predicted molar refractivity (Wildman–Crippen MR) is 84.3 cm³/mol. The zero-order chi connectivity index (χ0) is 14.5. The van der Waals surface area contributed by atoms with Gasteiger partial charge in [-0.3, -0.25) is 0 Å². The Morgan fingerprint density at radius 1 is 1.15 bits per heavy atom. The van der Waals surface area contributed by atoms with Crippen molar-refractivity contribution < 1.29 is 4.74 Å². The third kappa shape index (κ3) is 3.75. The Morgan fingerprint density at radius 3 is 2.60 bits per heavy atom. The Kier molecular flexibility index (Phi) is 5.05. The minimum absolute atomic E-state index is 0.124. The normalized spacial score (nSPS) is 13.8. The topological polar surface area (TPSA) is 35.2 Å². The molecule has 2 aromatic carbocycles. The van der Waals surface area contributed by atoms with E-state index in [2.05, 4.69) is 19.1 Å². The van der Waals surface area contributed by atoms with Gasteiger partial charge in [0.1, 0.15) is 11.9 Å². The molecule has 2 aromatic rings. The van der Waals surface area contributed by atoms with Gasteiger partial charge in [-0.25, -0.2) is 0 Å². The number of hydrogen-bond donors (Lipinski definition) is 1. The van der Waals surface area contributed by atoms with Gasteiger partial charge in [0.25, 0.3) is 0 Å². The van der Waals surface area contributed by atoms with E-state index >= 15 is 0 Å². The first-order valence-corrected chi connectivity index (χ1v) is 7.24. The smallest absolute Gasteiger partial charge is 0.121 e. The van der Waals surface area contributed by atoms with Gasteiger partial charge in [-0.1, -0.05) is 48.9 Å². The highest BCUT2D eigenvalue weighted by molar-refractivity contribution is 6.30. The monoisotopic (exact) mass is 289 g/mol. The molecule has 0 fully saturated rings. The highest BCUT2D eigenvalue weighted by atomic mass is 35.5. The largest absolute Gasteiger partial charge is 0.489 e. The number of halogens is 1. The van der Waals surface area contributed by atoms with Crippen molar-refractivity contribution in [2.75, 3.05) is 0 Å². The van der Waals surface area contributed by atoms with Crippen LogP contribution in [-0.4, -0.2) is 6.10 Å². The average molecular weight is 290 g/mol. The first kappa shape index (κ1) is 14.9. The lowest BCUT2D eigenvalue weighted by molar-refractivity contribution is 0.190. The van der Waals surface area contributed by atoms with Crippen molar-refractivity contribution in [2.45, 2.75) is 32.4 Å². The van der Waals surface area contributed by atoms with Crippen LogP contribution in [0.4, 0.5) is 0 Å². The maximum Gasteiger partial charge on any atom is 0.121 e. The summed E-state index contributed by atoms with van der Waals surface area (Å²) in [6.07, 6.45) is 0.880. The molecule has 0 amide bonds. The molecule has 0 aliphatic carbocycles. The van der Waals surface area contributed by atoms with E-state index in [1.165, 1.54) is 5.56 Å². The molecule has 0 saturated carbocycles. The number of hydrogen-bond acceptors (Lipinski definition) is 2. The summed E-state index contributed by atoms with van der Waals surface area (Å²) < 4.78 is 5.88. The Bertz CT molecular complexity index is 570. The number of benzene rings is 2. The van der Waals surface area contributed by atoms with Gasteiger partial charge in [-0.15, -0.1) is 0 Å². The number of aryl methyl sites for hydroxylation is 1. The van der Waals surface area contributed by atoms with Crippen LogP contribution in [0.1, 0.15) is 31.0 Å². The second-order valence-electron chi connectivity index (χ2n) is 4.90. The molecule has 2 N–H and O–H groups in total. The lowest BCUT2D eigenvalue weighted by Crippen LogP contribution is -2.28. The summed E-state index contributed by atoms with van der Waals surface area (Å²) in [5.41, 5.74) is 8.67. The van der Waals surface area contributed by atoms with Crippen LogP contribution in [-0.2, 0) is 6.42 Å². The van der Waals surface area contributed by atoms with Crippen LogP contribution in [0, 0.1) is 0 Å². The Hall–Kier alpha value is -1.51. The first-order chi connectivity index (χ1) is 9.60. The lowest BCUT2D eigenvalue weighted by atomic mass is 10.00. The molecule has 0 aliphatic rings. The maximum absolute atomic E-state index is 6.29. The highest BCUT2D eigenvalue weighted by Crippen LogP contribution is 2.23. The Morgan fingerprint density at radius 2 is 1.90 bits per heavy atom. The van der Waals surface area contributed by atoms with Crippen molar-refractivity contribution in [1.29, 1.82) is 0 Å². The fourth-order valence-corrected chi connectivity index (χ4v) is 2.30. The van der Waals surface area contributed by atoms with Gasteiger partial charge in [0.15, 0.2) is 0 Å². The summed E-state index contributed by atoms with van der Waals surface area (Å²) in [5.74, 6) is 0.743. The zero-order valence-electron chi connectivity index (χ0n) is 11.8. The summed E-state index contributed by atoms with van der Waals surface area (Å²) in [7, 11) is 0. The highest BCUT2D eigenvalue weighted by Gasteiger charge is 2.16. The second-order valence-corrected chi connectivity index (χ2v) is 5.34. The Labute approximate surface area is 125 Å². The van der Waals surface area contributed by atoms with E-state index < -0.39 is 0 Å². The number of nitrogens with two attached hydrogens (primary N) is 1. The van der Waals surface area contributed by atoms with Gasteiger partial charge in [0.05, 0.1) is 6.04 Å². The second kappa shape index (κ2) is 6.78. The van der Waals surface area contributed by atoms with Crippen LogP contribution in [0.5, 0.6) is 5.75 Å². The molecule has 3 heteroatoms. The van der Waals surface area contributed by atoms with Crippen LogP contribution in [0.2, 0.25) is 5.02 Å². The van der Waals surface area contributed by atoms with E-state index in [4.69, 9.17) is 22.1 Å². The molecule has 2 unspecified atom stereocenters. The van der Waals surface area contributed by atoms with Gasteiger partial charge < -0.3 is 10.5 Å². The molecule has 0 aromatic heterocycles. The molecule has 0 heterocycles. The molecule has 106 valence electrons. The van der Waals surface area contributed by atoms with Crippen molar-refractivity contribution in [1.82, 2.24) is 0 Å². The van der Waals surface area contributed by atoms with Gasteiger partial charge >= 0.3 is 0 Å². The maximum atomic E-state index is 6.29. The third-order valence-corrected chi connectivity index (χ3v) is 3.60. The number of ether oxygens (including phenoxy) is 1. The van der Waals surface area contributed by atoms with Crippen LogP contribution < -0.4 is 10.5 Å². The van der Waals surface area contributed by atoms with Crippen LogP contribution in [0.15, 0.2) is 48.5 Å².